The van der Waals surface area contributed by atoms with Crippen LogP contribution in [0.4, 0.5) is 5.69 Å². The lowest BCUT2D eigenvalue weighted by Crippen LogP contribution is -2.25. The summed E-state index contributed by atoms with van der Waals surface area (Å²) >= 11 is 0. The van der Waals surface area contributed by atoms with Crippen LogP contribution in [0.15, 0.2) is 24.5 Å². The van der Waals surface area contributed by atoms with Gasteiger partial charge >= 0.3 is 0 Å². The molecule has 1 rings (SSSR count). The van der Waals surface area contributed by atoms with Crippen LogP contribution in [0.2, 0.25) is 0 Å². The van der Waals surface area contributed by atoms with E-state index in [-0.39, 0.29) is 0 Å². The monoisotopic (exact) mass is 599 g/mol. The van der Waals surface area contributed by atoms with Gasteiger partial charge in [-0.25, -0.2) is 0 Å². The molecule has 0 bridgehead atoms. The normalized spacial score (nSPS) is 11.4. The number of aromatic nitrogens is 1. The number of unbranched alkanes of at least 4 members (excludes halogenated alkanes) is 30. The summed E-state index contributed by atoms with van der Waals surface area (Å²) in [5, 5.41) is 0. The Morgan fingerprint density at radius 1 is 0.349 bits per heavy atom. The van der Waals surface area contributed by atoms with Crippen LogP contribution in [-0.2, 0) is 0 Å². The van der Waals surface area contributed by atoms with Gasteiger partial charge < -0.3 is 4.90 Å². The van der Waals surface area contributed by atoms with Crippen molar-refractivity contribution in [3.63, 3.8) is 0 Å². The first kappa shape index (κ1) is 40.0. The molecule has 0 spiro atoms. The quantitative estimate of drug-likeness (QED) is 0.0722. The van der Waals surface area contributed by atoms with Crippen LogP contribution < -0.4 is 4.90 Å². The van der Waals surface area contributed by atoms with Crippen molar-refractivity contribution in [1.82, 2.24) is 4.98 Å². The Morgan fingerprint density at radius 3 is 0.837 bits per heavy atom. The molecule has 43 heavy (non-hydrogen) atoms. The van der Waals surface area contributed by atoms with Gasteiger partial charge in [-0.3, -0.25) is 4.98 Å². The molecule has 0 aliphatic heterocycles. The minimum absolute atomic E-state index is 1.21. The minimum atomic E-state index is 1.21. The smallest absolute Gasteiger partial charge is 0.0397 e. The molecule has 0 aromatic carbocycles. The molecule has 0 aliphatic carbocycles. The summed E-state index contributed by atoms with van der Waals surface area (Å²) in [4.78, 5) is 6.89. The number of hydrogen-bond acceptors (Lipinski definition) is 2. The van der Waals surface area contributed by atoms with E-state index in [2.05, 4.69) is 35.9 Å². The van der Waals surface area contributed by atoms with Gasteiger partial charge in [0.2, 0.25) is 0 Å². The summed E-state index contributed by atoms with van der Waals surface area (Å²) in [5.41, 5.74) is 1.37. The second-order valence-electron chi connectivity index (χ2n) is 13.8. The zero-order chi connectivity index (χ0) is 30.7. The third-order valence-corrected chi connectivity index (χ3v) is 9.59. The Kier molecular flexibility index (Phi) is 31.5. The highest BCUT2D eigenvalue weighted by Crippen LogP contribution is 2.18. The Labute approximate surface area is 272 Å². The van der Waals surface area contributed by atoms with Crippen molar-refractivity contribution in [3.05, 3.63) is 24.5 Å². The van der Waals surface area contributed by atoms with Gasteiger partial charge in [-0.1, -0.05) is 206 Å². The molecule has 0 saturated heterocycles. The highest BCUT2D eigenvalue weighted by atomic mass is 15.1. The molecule has 0 aliphatic rings. The van der Waals surface area contributed by atoms with Crippen LogP contribution in [0.5, 0.6) is 0 Å². The van der Waals surface area contributed by atoms with Crippen LogP contribution in [0, 0.1) is 0 Å². The Hall–Kier alpha value is -1.05. The van der Waals surface area contributed by atoms with E-state index in [1.54, 1.807) is 0 Å². The molecule has 0 fully saturated rings. The summed E-state index contributed by atoms with van der Waals surface area (Å²) in [6.45, 7) is 7.03. The number of pyridine rings is 1. The van der Waals surface area contributed by atoms with Crippen LogP contribution in [0.25, 0.3) is 0 Å². The maximum atomic E-state index is 4.26. The van der Waals surface area contributed by atoms with E-state index < -0.39 is 0 Å². The van der Waals surface area contributed by atoms with Crippen LogP contribution in [-0.4, -0.2) is 18.1 Å². The van der Waals surface area contributed by atoms with E-state index in [1.807, 2.05) is 12.4 Å². The van der Waals surface area contributed by atoms with Crippen molar-refractivity contribution in [3.8, 4) is 0 Å². The van der Waals surface area contributed by atoms with E-state index in [9.17, 15) is 0 Å². The minimum Gasteiger partial charge on any atom is -0.371 e. The van der Waals surface area contributed by atoms with Gasteiger partial charge in [0.25, 0.3) is 0 Å². The van der Waals surface area contributed by atoms with E-state index in [0.717, 1.165) is 0 Å². The van der Waals surface area contributed by atoms with E-state index in [4.69, 9.17) is 0 Å². The molecular weight excluding hydrogens is 520 g/mol. The van der Waals surface area contributed by atoms with Crippen molar-refractivity contribution in [2.75, 3.05) is 18.0 Å². The van der Waals surface area contributed by atoms with E-state index in [1.165, 1.54) is 224 Å². The van der Waals surface area contributed by atoms with E-state index >= 15 is 0 Å². The van der Waals surface area contributed by atoms with Gasteiger partial charge in [-0.05, 0) is 25.0 Å². The second-order valence-corrected chi connectivity index (χ2v) is 13.8. The van der Waals surface area contributed by atoms with Crippen molar-refractivity contribution in [1.29, 1.82) is 0 Å². The lowest BCUT2D eigenvalue weighted by molar-refractivity contribution is 0.524. The number of nitrogens with zero attached hydrogens (tertiary/aromatic N) is 2. The lowest BCUT2D eigenvalue weighted by Gasteiger charge is -2.25. The molecule has 1 heterocycles. The van der Waals surface area contributed by atoms with Gasteiger partial charge in [0.1, 0.15) is 0 Å². The van der Waals surface area contributed by atoms with Crippen LogP contribution >= 0.6 is 0 Å². The molecule has 252 valence electrons. The fourth-order valence-corrected chi connectivity index (χ4v) is 6.63. The highest BCUT2D eigenvalue weighted by molar-refractivity contribution is 5.44. The van der Waals surface area contributed by atoms with Gasteiger partial charge in [0, 0.05) is 31.2 Å². The van der Waals surface area contributed by atoms with Crippen LogP contribution in [0.1, 0.15) is 219 Å². The van der Waals surface area contributed by atoms with Gasteiger partial charge in [0.15, 0.2) is 0 Å². The van der Waals surface area contributed by atoms with Crippen molar-refractivity contribution in [2.45, 2.75) is 219 Å². The fraction of sp³-hybridized carbons (Fsp3) is 0.878. The largest absolute Gasteiger partial charge is 0.371 e. The standard InChI is InChI=1S/C41H78N2/c1-3-5-7-9-11-13-15-17-19-21-23-25-27-29-31-33-39-43(41-35-37-42-38-36-41)40-34-32-30-28-26-24-22-20-18-16-14-12-10-8-6-4-2/h35-38H,3-34,39-40H2,1-2H3. The summed E-state index contributed by atoms with van der Waals surface area (Å²) < 4.78 is 0. The third-order valence-electron chi connectivity index (χ3n) is 9.59. The molecule has 2 nitrogen and oxygen atoms in total. The molecule has 2 heteroatoms. The number of hydrogen-bond donors (Lipinski definition) is 0. The van der Waals surface area contributed by atoms with Gasteiger partial charge in [-0.2, -0.15) is 0 Å². The Balaban J connectivity index is 1.95. The summed E-state index contributed by atoms with van der Waals surface area (Å²) in [5.74, 6) is 0. The van der Waals surface area contributed by atoms with Crippen molar-refractivity contribution in [2.24, 2.45) is 0 Å². The summed E-state index contributed by atoms with van der Waals surface area (Å²) in [6.07, 6.45) is 50.0. The zero-order valence-corrected chi connectivity index (χ0v) is 29.7. The second kappa shape index (κ2) is 33.8. The maximum absolute atomic E-state index is 4.26. The van der Waals surface area contributed by atoms with Crippen molar-refractivity contribution < 1.29 is 0 Å². The zero-order valence-electron chi connectivity index (χ0n) is 29.7. The molecule has 0 amide bonds. The SMILES string of the molecule is CCCCCCCCCCCCCCCCCCN(CCCCCCCCCCCCCCCCCC)c1ccncc1. The number of rotatable bonds is 35. The van der Waals surface area contributed by atoms with E-state index in [0.29, 0.717) is 0 Å². The average Bonchev–Trinajstić information content (AvgIpc) is 3.03. The summed E-state index contributed by atoms with van der Waals surface area (Å²) in [7, 11) is 0. The maximum Gasteiger partial charge on any atom is 0.0397 e. The predicted molar refractivity (Wildman–Crippen MR) is 196 cm³/mol. The molecule has 0 radical (unpaired) electrons. The topological polar surface area (TPSA) is 16.1 Å². The average molecular weight is 599 g/mol. The highest BCUT2D eigenvalue weighted by Gasteiger charge is 2.06. The number of anilines is 1. The van der Waals surface area contributed by atoms with Crippen molar-refractivity contribution >= 4 is 5.69 Å². The molecule has 0 atom stereocenters. The molecule has 1 aromatic rings. The Morgan fingerprint density at radius 2 is 0.581 bits per heavy atom. The summed E-state index contributed by atoms with van der Waals surface area (Å²) in [6, 6.07) is 4.41. The van der Waals surface area contributed by atoms with Crippen LogP contribution in [0.3, 0.4) is 0 Å². The van der Waals surface area contributed by atoms with Gasteiger partial charge in [-0.15, -0.1) is 0 Å². The molecule has 0 saturated carbocycles. The predicted octanol–water partition coefficient (Wildman–Crippen LogP) is 14.4. The molecular formula is C41H78N2. The van der Waals surface area contributed by atoms with Gasteiger partial charge in [0.05, 0.1) is 0 Å². The third kappa shape index (κ3) is 28.2. The first-order chi connectivity index (χ1) is 21.4. The molecule has 0 unspecified atom stereocenters. The fourth-order valence-electron chi connectivity index (χ4n) is 6.63. The first-order valence-electron chi connectivity index (χ1n) is 20.0. The molecule has 1 aromatic heterocycles. The Bertz CT molecular complexity index is 594. The molecule has 0 N–H and O–H groups in total. The first-order valence-corrected chi connectivity index (χ1v) is 20.0. The lowest BCUT2D eigenvalue weighted by atomic mass is 10.0.